The molecule has 30 heavy (non-hydrogen) atoms. The zero-order valence-corrected chi connectivity index (χ0v) is 17.8. The Kier molecular flexibility index (Phi) is 7.12. The summed E-state index contributed by atoms with van der Waals surface area (Å²) < 4.78 is 0. The predicted molar refractivity (Wildman–Crippen MR) is 115 cm³/mol. The first-order valence-electron chi connectivity index (χ1n) is 10.1. The zero-order chi connectivity index (χ0) is 21.4. The van der Waals surface area contributed by atoms with E-state index in [-0.39, 0.29) is 11.8 Å². The number of hydrogen-bond acceptors (Lipinski definition) is 7. The van der Waals surface area contributed by atoms with Gasteiger partial charge in [0.05, 0.1) is 23.9 Å². The summed E-state index contributed by atoms with van der Waals surface area (Å²) in [5.41, 5.74) is 4.90. The molecular weight excluding hydrogens is 378 g/mol. The number of nitrogens with zero attached hydrogens (tertiary/aromatic N) is 5. The van der Waals surface area contributed by atoms with Gasteiger partial charge in [-0.3, -0.25) is 9.97 Å². The lowest BCUT2D eigenvalue weighted by Gasteiger charge is -2.22. The van der Waals surface area contributed by atoms with E-state index in [0.29, 0.717) is 24.6 Å². The highest BCUT2D eigenvalue weighted by atomic mass is 16.6. The summed E-state index contributed by atoms with van der Waals surface area (Å²) in [6.45, 7) is 6.73. The molecule has 1 aliphatic rings. The SMILES string of the molecule is Cc1ccc2c(n1)C(=NOCC(C)(C)CON=C(CC#N)c1ccccn1)CCC2. The normalized spacial score (nSPS) is 15.4. The lowest BCUT2D eigenvalue weighted by Crippen LogP contribution is -2.25. The van der Waals surface area contributed by atoms with Crippen LogP contribution in [0.1, 0.15) is 55.8 Å². The Hall–Kier alpha value is -3.27. The molecule has 7 nitrogen and oxygen atoms in total. The molecule has 0 spiro atoms. The number of rotatable bonds is 8. The molecule has 0 amide bonds. The van der Waals surface area contributed by atoms with Crippen LogP contribution in [-0.4, -0.2) is 34.6 Å². The lowest BCUT2D eigenvalue weighted by molar-refractivity contribution is -0.000219. The average molecular weight is 406 g/mol. The van der Waals surface area contributed by atoms with Crippen LogP contribution in [0.5, 0.6) is 0 Å². The average Bonchev–Trinajstić information content (AvgIpc) is 2.74. The fourth-order valence-corrected chi connectivity index (χ4v) is 3.08. The van der Waals surface area contributed by atoms with E-state index in [1.54, 1.807) is 6.20 Å². The molecule has 1 aliphatic carbocycles. The van der Waals surface area contributed by atoms with Gasteiger partial charge < -0.3 is 9.68 Å². The highest BCUT2D eigenvalue weighted by Gasteiger charge is 2.22. The first-order valence-corrected chi connectivity index (χ1v) is 10.1. The maximum absolute atomic E-state index is 9.03. The van der Waals surface area contributed by atoms with E-state index in [1.165, 1.54) is 5.56 Å². The molecule has 0 saturated carbocycles. The molecular formula is C23H27N5O2. The first-order chi connectivity index (χ1) is 14.5. The van der Waals surface area contributed by atoms with E-state index in [0.717, 1.165) is 36.4 Å². The minimum absolute atomic E-state index is 0.132. The summed E-state index contributed by atoms with van der Waals surface area (Å²) >= 11 is 0. The van der Waals surface area contributed by atoms with Crippen LogP contribution >= 0.6 is 0 Å². The van der Waals surface area contributed by atoms with Gasteiger partial charge in [0.15, 0.2) is 0 Å². The molecule has 156 valence electrons. The van der Waals surface area contributed by atoms with Gasteiger partial charge in [-0.2, -0.15) is 5.26 Å². The van der Waals surface area contributed by atoms with Gasteiger partial charge in [-0.05, 0) is 49.9 Å². The van der Waals surface area contributed by atoms with Crippen LogP contribution in [0.3, 0.4) is 0 Å². The minimum Gasteiger partial charge on any atom is -0.395 e. The Morgan fingerprint density at radius 1 is 1.17 bits per heavy atom. The van der Waals surface area contributed by atoms with E-state index in [1.807, 2.05) is 45.0 Å². The maximum Gasteiger partial charge on any atom is 0.125 e. The Morgan fingerprint density at radius 2 is 2.00 bits per heavy atom. The van der Waals surface area contributed by atoms with Gasteiger partial charge >= 0.3 is 0 Å². The molecule has 3 rings (SSSR count). The van der Waals surface area contributed by atoms with Crippen molar-refractivity contribution in [2.45, 2.75) is 46.5 Å². The molecule has 0 N–H and O–H groups in total. The molecule has 2 heterocycles. The summed E-state index contributed by atoms with van der Waals surface area (Å²) in [7, 11) is 0. The van der Waals surface area contributed by atoms with E-state index >= 15 is 0 Å². The summed E-state index contributed by atoms with van der Waals surface area (Å²) in [4.78, 5) is 20.1. The van der Waals surface area contributed by atoms with Crippen LogP contribution in [0.15, 0.2) is 46.8 Å². The van der Waals surface area contributed by atoms with Gasteiger partial charge in [0.25, 0.3) is 0 Å². The van der Waals surface area contributed by atoms with Gasteiger partial charge in [0.2, 0.25) is 0 Å². The quantitative estimate of drug-likeness (QED) is 0.485. The van der Waals surface area contributed by atoms with Crippen molar-refractivity contribution in [3.05, 3.63) is 59.2 Å². The second kappa shape index (κ2) is 9.97. The molecule has 7 heteroatoms. The minimum atomic E-state index is -0.313. The number of oxime groups is 2. The van der Waals surface area contributed by atoms with E-state index in [4.69, 9.17) is 14.9 Å². The Bertz CT molecular complexity index is 961. The zero-order valence-electron chi connectivity index (χ0n) is 17.8. The van der Waals surface area contributed by atoms with Crippen molar-refractivity contribution in [2.75, 3.05) is 13.2 Å². The third-order valence-electron chi connectivity index (χ3n) is 4.72. The molecule has 0 radical (unpaired) electrons. The third kappa shape index (κ3) is 5.86. The Balaban J connectivity index is 1.58. The second-order valence-electron chi connectivity index (χ2n) is 8.15. The van der Waals surface area contributed by atoms with Crippen LogP contribution in [0.25, 0.3) is 0 Å². The van der Waals surface area contributed by atoms with Crippen molar-refractivity contribution in [1.29, 1.82) is 5.26 Å². The number of pyridine rings is 2. The first kappa shape index (κ1) is 21.4. The fourth-order valence-electron chi connectivity index (χ4n) is 3.08. The van der Waals surface area contributed by atoms with Crippen LogP contribution in [0, 0.1) is 23.7 Å². The van der Waals surface area contributed by atoms with E-state index in [9.17, 15) is 0 Å². The maximum atomic E-state index is 9.03. The molecule has 0 saturated heterocycles. The molecule has 0 fully saturated rings. The van der Waals surface area contributed by atoms with Crippen molar-refractivity contribution in [3.8, 4) is 6.07 Å². The van der Waals surface area contributed by atoms with Gasteiger partial charge in [-0.15, -0.1) is 0 Å². The molecule has 0 unspecified atom stereocenters. The van der Waals surface area contributed by atoms with Gasteiger partial charge in [0, 0.05) is 17.3 Å². The standard InChI is InChI=1S/C23H27N5O2/c1-17-10-11-18-7-6-9-21(22(18)26-17)28-30-16-23(2,3)15-29-27-20(12-13-24)19-8-4-5-14-25-19/h4-5,8,10-11,14H,6-7,9,12,15-16H2,1-3H3. The van der Waals surface area contributed by atoms with Crippen LogP contribution < -0.4 is 0 Å². The summed E-state index contributed by atoms with van der Waals surface area (Å²) in [5.74, 6) is 0. The molecule has 0 bridgehead atoms. The lowest BCUT2D eigenvalue weighted by atomic mass is 9.94. The number of hydrogen-bond donors (Lipinski definition) is 0. The molecule has 0 aliphatic heterocycles. The predicted octanol–water partition coefficient (Wildman–Crippen LogP) is 4.20. The topological polar surface area (TPSA) is 92.8 Å². The molecule has 2 aromatic heterocycles. The van der Waals surface area contributed by atoms with Crippen molar-refractivity contribution in [2.24, 2.45) is 15.7 Å². The van der Waals surface area contributed by atoms with Crippen molar-refractivity contribution < 1.29 is 9.68 Å². The number of nitriles is 1. The molecule has 2 aromatic rings. The smallest absolute Gasteiger partial charge is 0.125 e. The Labute approximate surface area is 177 Å². The van der Waals surface area contributed by atoms with E-state index in [2.05, 4.69) is 32.4 Å². The number of fused-ring (bicyclic) bond motifs is 1. The second-order valence-corrected chi connectivity index (χ2v) is 8.15. The number of aromatic nitrogens is 2. The fraction of sp³-hybridized carbons (Fsp3) is 0.435. The monoisotopic (exact) mass is 405 g/mol. The van der Waals surface area contributed by atoms with Gasteiger partial charge in [0.1, 0.15) is 24.6 Å². The highest BCUT2D eigenvalue weighted by molar-refractivity contribution is 6.00. The summed E-state index contributed by atoms with van der Waals surface area (Å²) in [6, 6.07) is 11.7. The summed E-state index contributed by atoms with van der Waals surface area (Å²) in [5, 5.41) is 17.5. The van der Waals surface area contributed by atoms with Crippen LogP contribution in [0.4, 0.5) is 0 Å². The van der Waals surface area contributed by atoms with Crippen molar-refractivity contribution >= 4 is 11.4 Å². The molecule has 0 aromatic carbocycles. The largest absolute Gasteiger partial charge is 0.395 e. The van der Waals surface area contributed by atoms with Crippen LogP contribution in [0.2, 0.25) is 0 Å². The van der Waals surface area contributed by atoms with E-state index < -0.39 is 0 Å². The van der Waals surface area contributed by atoms with Crippen LogP contribution in [-0.2, 0) is 16.1 Å². The summed E-state index contributed by atoms with van der Waals surface area (Å²) in [6.07, 6.45) is 4.75. The van der Waals surface area contributed by atoms with Gasteiger partial charge in [-0.1, -0.05) is 36.3 Å². The third-order valence-corrected chi connectivity index (χ3v) is 4.72. The Morgan fingerprint density at radius 3 is 2.77 bits per heavy atom. The van der Waals surface area contributed by atoms with Crippen molar-refractivity contribution in [3.63, 3.8) is 0 Å². The van der Waals surface area contributed by atoms with Gasteiger partial charge in [-0.25, -0.2) is 0 Å². The van der Waals surface area contributed by atoms with Crippen molar-refractivity contribution in [1.82, 2.24) is 9.97 Å². The number of aryl methyl sites for hydroxylation is 2. The molecule has 0 atom stereocenters. The highest BCUT2D eigenvalue weighted by Crippen LogP contribution is 2.22.